The third-order valence-electron chi connectivity index (χ3n) is 5.37. The molecule has 1 aliphatic rings. The van der Waals surface area contributed by atoms with Gasteiger partial charge in [0.25, 0.3) is 0 Å². The van der Waals surface area contributed by atoms with Crippen molar-refractivity contribution < 1.29 is 4.52 Å². The fraction of sp³-hybridized carbons (Fsp3) is 0.364. The van der Waals surface area contributed by atoms with Crippen LogP contribution in [0.25, 0.3) is 11.4 Å². The Balaban J connectivity index is 1.32. The van der Waals surface area contributed by atoms with Gasteiger partial charge in [-0.25, -0.2) is 0 Å². The van der Waals surface area contributed by atoms with E-state index in [1.54, 1.807) is 0 Å². The number of hydrogen-bond acceptors (Lipinski definition) is 6. The number of benzene rings is 2. The van der Waals surface area contributed by atoms with Crippen LogP contribution in [0.1, 0.15) is 17.9 Å². The van der Waals surface area contributed by atoms with Gasteiger partial charge in [0.2, 0.25) is 11.7 Å². The van der Waals surface area contributed by atoms with Crippen molar-refractivity contribution in [1.82, 2.24) is 20.4 Å². The summed E-state index contributed by atoms with van der Waals surface area (Å²) in [6, 6.07) is 16.8. The van der Waals surface area contributed by atoms with Gasteiger partial charge >= 0.3 is 0 Å². The zero-order valence-corrected chi connectivity index (χ0v) is 17.6. The lowest BCUT2D eigenvalue weighted by atomic mass is 10.2. The molecule has 152 valence electrons. The van der Waals surface area contributed by atoms with Crippen LogP contribution < -0.4 is 10.2 Å². The minimum absolute atomic E-state index is 0.521. The van der Waals surface area contributed by atoms with Crippen molar-refractivity contribution >= 4 is 17.3 Å². The molecule has 0 radical (unpaired) electrons. The van der Waals surface area contributed by atoms with E-state index in [2.05, 4.69) is 63.6 Å². The molecule has 0 bridgehead atoms. The Morgan fingerprint density at radius 3 is 2.55 bits per heavy atom. The molecule has 0 aliphatic carbocycles. The zero-order valence-electron chi connectivity index (χ0n) is 16.8. The molecule has 4 rings (SSSR count). The van der Waals surface area contributed by atoms with Crippen LogP contribution in [0.5, 0.6) is 0 Å². The van der Waals surface area contributed by atoms with Crippen molar-refractivity contribution in [2.45, 2.75) is 25.6 Å². The van der Waals surface area contributed by atoms with Gasteiger partial charge in [-0.2, -0.15) is 4.98 Å². The van der Waals surface area contributed by atoms with Gasteiger partial charge in [0.1, 0.15) is 0 Å². The Morgan fingerprint density at radius 1 is 1.10 bits per heavy atom. The second-order valence-corrected chi connectivity index (χ2v) is 8.08. The second-order valence-electron chi connectivity index (χ2n) is 7.64. The van der Waals surface area contributed by atoms with Crippen molar-refractivity contribution in [1.29, 1.82) is 0 Å². The Morgan fingerprint density at radius 2 is 1.86 bits per heavy atom. The van der Waals surface area contributed by atoms with Crippen molar-refractivity contribution in [3.63, 3.8) is 0 Å². The maximum absolute atomic E-state index is 5.91. The normalized spacial score (nSPS) is 16.7. The minimum Gasteiger partial charge on any atom is -0.370 e. The maximum atomic E-state index is 5.91. The van der Waals surface area contributed by atoms with Crippen molar-refractivity contribution in [3.8, 4) is 11.4 Å². The summed E-state index contributed by atoms with van der Waals surface area (Å²) in [5, 5.41) is 8.17. The largest absolute Gasteiger partial charge is 0.370 e. The van der Waals surface area contributed by atoms with Crippen LogP contribution in [0, 0.1) is 0 Å². The van der Waals surface area contributed by atoms with Crippen LogP contribution >= 0.6 is 11.6 Å². The maximum Gasteiger partial charge on any atom is 0.240 e. The number of nitrogens with zero attached hydrogens (tertiary/aromatic N) is 4. The van der Waals surface area contributed by atoms with Gasteiger partial charge in [-0.05, 0) is 62.5 Å². The molecular formula is C22H26ClN5O. The Bertz CT molecular complexity index is 923. The van der Waals surface area contributed by atoms with Gasteiger partial charge in [-0.15, -0.1) is 0 Å². The lowest BCUT2D eigenvalue weighted by Crippen LogP contribution is -2.31. The first-order chi connectivity index (χ1) is 14.1. The first-order valence-corrected chi connectivity index (χ1v) is 10.3. The molecule has 1 atom stereocenters. The molecule has 6 nitrogen and oxygen atoms in total. The quantitative estimate of drug-likeness (QED) is 0.637. The molecule has 2 aromatic carbocycles. The molecule has 1 unspecified atom stereocenters. The van der Waals surface area contributed by atoms with Gasteiger partial charge in [0.15, 0.2) is 0 Å². The van der Waals surface area contributed by atoms with Crippen LogP contribution in [0.4, 0.5) is 5.69 Å². The fourth-order valence-corrected chi connectivity index (χ4v) is 3.71. The number of likely N-dealkylation sites (N-methyl/N-ethyl adjacent to an activating group) is 1. The molecular weight excluding hydrogens is 386 g/mol. The standard InChI is InChI=1S/C22H26ClN5O/c1-27(2)20-11-12-28(15-20)19-9-5-17(6-10-19)22-25-21(29-26-22)14-24-13-16-3-7-18(23)8-4-16/h3-10,20,24H,11-15H2,1-2H3. The summed E-state index contributed by atoms with van der Waals surface area (Å²) in [7, 11) is 4.30. The highest BCUT2D eigenvalue weighted by atomic mass is 35.5. The summed E-state index contributed by atoms with van der Waals surface area (Å²) in [6.07, 6.45) is 1.20. The molecule has 0 saturated carbocycles. The Hall–Kier alpha value is -2.41. The van der Waals surface area contributed by atoms with E-state index in [-0.39, 0.29) is 0 Å². The summed E-state index contributed by atoms with van der Waals surface area (Å²) in [5.74, 6) is 1.19. The third-order valence-corrected chi connectivity index (χ3v) is 5.62. The second kappa shape index (κ2) is 8.95. The lowest BCUT2D eigenvalue weighted by molar-refractivity contribution is 0.315. The van der Waals surface area contributed by atoms with Crippen LogP contribution in [0.2, 0.25) is 5.02 Å². The SMILES string of the molecule is CN(C)C1CCN(c2ccc(-c3noc(CNCc4ccc(Cl)cc4)n3)cc2)C1. The summed E-state index contributed by atoms with van der Waals surface area (Å²) in [5.41, 5.74) is 3.36. The van der Waals surface area contributed by atoms with E-state index in [0.29, 0.717) is 30.8 Å². The van der Waals surface area contributed by atoms with Crippen LogP contribution in [-0.4, -0.2) is 48.3 Å². The zero-order chi connectivity index (χ0) is 20.2. The topological polar surface area (TPSA) is 57.4 Å². The van der Waals surface area contributed by atoms with Gasteiger partial charge in [-0.3, -0.25) is 0 Å². The minimum atomic E-state index is 0.521. The highest BCUT2D eigenvalue weighted by Gasteiger charge is 2.24. The number of rotatable bonds is 7. The van der Waals surface area contributed by atoms with Gasteiger partial charge in [0, 0.05) is 41.9 Å². The van der Waals surface area contributed by atoms with Gasteiger partial charge in [0.05, 0.1) is 6.54 Å². The number of nitrogens with one attached hydrogen (secondary N) is 1. The number of hydrogen-bond donors (Lipinski definition) is 1. The molecule has 0 amide bonds. The van der Waals surface area contributed by atoms with Crippen LogP contribution in [0.3, 0.4) is 0 Å². The van der Waals surface area contributed by atoms with Crippen LogP contribution in [-0.2, 0) is 13.1 Å². The summed E-state index contributed by atoms with van der Waals surface area (Å²) in [6.45, 7) is 3.40. The molecule has 1 saturated heterocycles. The Kier molecular flexibility index (Phi) is 6.13. The molecule has 0 spiro atoms. The molecule has 29 heavy (non-hydrogen) atoms. The predicted octanol–water partition coefficient (Wildman–Crippen LogP) is 3.82. The summed E-state index contributed by atoms with van der Waals surface area (Å²) in [4.78, 5) is 9.24. The molecule has 3 aromatic rings. The van der Waals surface area contributed by atoms with E-state index in [1.165, 1.54) is 12.1 Å². The molecule has 1 fully saturated rings. The van der Waals surface area contributed by atoms with Gasteiger partial charge in [-0.1, -0.05) is 28.9 Å². The van der Waals surface area contributed by atoms with Crippen LogP contribution in [0.15, 0.2) is 53.1 Å². The van der Waals surface area contributed by atoms with Gasteiger partial charge < -0.3 is 19.6 Å². The Labute approximate surface area is 176 Å². The molecule has 1 aromatic heterocycles. The highest BCUT2D eigenvalue weighted by molar-refractivity contribution is 6.30. The summed E-state index contributed by atoms with van der Waals surface area (Å²) < 4.78 is 5.39. The molecule has 2 heterocycles. The predicted molar refractivity (Wildman–Crippen MR) is 116 cm³/mol. The summed E-state index contributed by atoms with van der Waals surface area (Å²) >= 11 is 5.91. The number of anilines is 1. The first-order valence-electron chi connectivity index (χ1n) is 9.88. The number of halogens is 1. The monoisotopic (exact) mass is 411 g/mol. The van der Waals surface area contributed by atoms with Crippen molar-refractivity contribution in [2.24, 2.45) is 0 Å². The molecule has 1 aliphatic heterocycles. The molecule has 7 heteroatoms. The van der Waals surface area contributed by atoms with E-state index in [4.69, 9.17) is 16.1 Å². The van der Waals surface area contributed by atoms with E-state index in [0.717, 1.165) is 29.2 Å². The average Bonchev–Trinajstić information content (AvgIpc) is 3.40. The first kappa shape index (κ1) is 19.9. The third kappa shape index (κ3) is 4.96. The molecule has 1 N–H and O–H groups in total. The fourth-order valence-electron chi connectivity index (χ4n) is 3.58. The van der Waals surface area contributed by atoms with E-state index < -0.39 is 0 Å². The highest BCUT2D eigenvalue weighted by Crippen LogP contribution is 2.25. The smallest absolute Gasteiger partial charge is 0.240 e. The average molecular weight is 412 g/mol. The lowest BCUT2D eigenvalue weighted by Gasteiger charge is -2.21. The number of aromatic nitrogens is 2. The van der Waals surface area contributed by atoms with E-state index in [9.17, 15) is 0 Å². The van der Waals surface area contributed by atoms with E-state index in [1.807, 2.05) is 24.3 Å². The van der Waals surface area contributed by atoms with Crippen molar-refractivity contribution in [3.05, 3.63) is 65.0 Å². The van der Waals surface area contributed by atoms with E-state index >= 15 is 0 Å². The van der Waals surface area contributed by atoms with Crippen molar-refractivity contribution in [2.75, 3.05) is 32.1 Å².